The number of fused-ring (bicyclic) bond motifs is 2. The van der Waals surface area contributed by atoms with Crippen LogP contribution in [0.4, 0.5) is 0 Å². The number of hydrogen-bond acceptors (Lipinski definition) is 8. The number of carbonyl (C=O) groups is 4. The van der Waals surface area contributed by atoms with Crippen molar-refractivity contribution in [1.29, 1.82) is 0 Å². The van der Waals surface area contributed by atoms with Crippen molar-refractivity contribution >= 4 is 23.8 Å². The van der Waals surface area contributed by atoms with E-state index in [4.69, 9.17) is 9.47 Å². The molecule has 10 heteroatoms. The minimum Gasteiger partial charge on any atom is -0.439 e. The highest BCUT2D eigenvalue weighted by Gasteiger charge is 2.35. The maximum Gasteiger partial charge on any atom is 0.332 e. The molecule has 2 saturated heterocycles. The van der Waals surface area contributed by atoms with Crippen LogP contribution in [-0.2, 0) is 31.9 Å². The quantitative estimate of drug-likeness (QED) is 0.120. The summed E-state index contributed by atoms with van der Waals surface area (Å²) in [5.41, 5.74) is 7.81. The summed E-state index contributed by atoms with van der Waals surface area (Å²) in [6.07, 6.45) is 6.38. The van der Waals surface area contributed by atoms with Gasteiger partial charge in [-0.2, -0.15) is 0 Å². The van der Waals surface area contributed by atoms with Gasteiger partial charge in [-0.15, -0.1) is 0 Å². The van der Waals surface area contributed by atoms with E-state index in [0.29, 0.717) is 38.0 Å². The van der Waals surface area contributed by atoms with Crippen molar-refractivity contribution in [2.24, 2.45) is 11.8 Å². The van der Waals surface area contributed by atoms with Gasteiger partial charge in [-0.3, -0.25) is 19.4 Å². The Balaban J connectivity index is 0.880. The minimum atomic E-state index is -0.606. The lowest BCUT2D eigenvalue weighted by atomic mass is 9.92. The van der Waals surface area contributed by atoms with E-state index in [2.05, 4.69) is 21.9 Å². The van der Waals surface area contributed by atoms with E-state index < -0.39 is 24.4 Å². The number of esters is 2. The highest BCUT2D eigenvalue weighted by Crippen LogP contribution is 2.35. The molecule has 0 radical (unpaired) electrons. The van der Waals surface area contributed by atoms with E-state index in [0.717, 1.165) is 109 Å². The minimum absolute atomic E-state index is 0.0748. The number of ether oxygens (including phenoxy) is 2. The Morgan fingerprint density at radius 2 is 0.933 bits per heavy atom. The van der Waals surface area contributed by atoms with E-state index in [1.807, 2.05) is 109 Å². The molecule has 0 bridgehead atoms. The summed E-state index contributed by atoms with van der Waals surface area (Å²) in [5, 5.41) is 0. The number of hydrogen-bond donors (Lipinski definition) is 0. The zero-order chi connectivity index (χ0) is 41.6. The molecular weight excluding hydrogens is 753 g/mol. The molecule has 0 spiro atoms. The number of likely N-dealkylation sites (tertiary alicyclic amines) is 2. The Morgan fingerprint density at radius 1 is 0.533 bits per heavy atom. The van der Waals surface area contributed by atoms with Gasteiger partial charge in [0.25, 0.3) is 11.8 Å². The number of nitrogens with zero attached hydrogens (tertiary/aromatic N) is 4. The Bertz CT molecular complexity index is 2070. The maximum atomic E-state index is 13.5. The van der Waals surface area contributed by atoms with Gasteiger partial charge in [0.2, 0.25) is 0 Å². The van der Waals surface area contributed by atoms with E-state index in [1.165, 1.54) is 12.2 Å². The van der Waals surface area contributed by atoms with Crippen LogP contribution in [0.15, 0.2) is 109 Å². The van der Waals surface area contributed by atoms with Gasteiger partial charge >= 0.3 is 11.9 Å². The van der Waals surface area contributed by atoms with Crippen LogP contribution in [0.1, 0.15) is 92.2 Å². The lowest BCUT2D eigenvalue weighted by Gasteiger charge is -2.40. The molecule has 4 heterocycles. The van der Waals surface area contributed by atoms with Gasteiger partial charge in [-0.25, -0.2) is 9.59 Å². The van der Waals surface area contributed by atoms with Gasteiger partial charge in [0.15, 0.2) is 12.5 Å². The van der Waals surface area contributed by atoms with E-state index in [-0.39, 0.29) is 11.8 Å². The van der Waals surface area contributed by atoms with Gasteiger partial charge < -0.3 is 19.3 Å². The van der Waals surface area contributed by atoms with E-state index in [1.54, 1.807) is 0 Å². The summed E-state index contributed by atoms with van der Waals surface area (Å²) >= 11 is 0. The Labute approximate surface area is 353 Å². The van der Waals surface area contributed by atoms with Crippen molar-refractivity contribution in [2.75, 3.05) is 52.4 Å². The van der Waals surface area contributed by atoms with Crippen LogP contribution in [0, 0.1) is 25.7 Å². The van der Waals surface area contributed by atoms with Crippen LogP contribution in [-0.4, -0.2) is 95.7 Å². The largest absolute Gasteiger partial charge is 0.439 e. The van der Waals surface area contributed by atoms with Gasteiger partial charge in [-0.05, 0) is 99.6 Å². The third-order valence-electron chi connectivity index (χ3n) is 12.8. The van der Waals surface area contributed by atoms with Crippen molar-refractivity contribution in [3.05, 3.63) is 154 Å². The average molecular weight is 809 g/mol. The lowest BCUT2D eigenvalue weighted by molar-refractivity contribution is -0.159. The van der Waals surface area contributed by atoms with Crippen molar-refractivity contribution in [3.8, 4) is 0 Å². The maximum absolute atomic E-state index is 13.5. The number of carbonyl (C=O) groups excluding carboxylic acids is 4. The van der Waals surface area contributed by atoms with Gasteiger partial charge in [0.05, 0.1) is 0 Å². The van der Waals surface area contributed by atoms with Crippen LogP contribution < -0.4 is 0 Å². The van der Waals surface area contributed by atoms with E-state index >= 15 is 0 Å². The Morgan fingerprint density at radius 3 is 1.33 bits per heavy atom. The summed E-state index contributed by atoms with van der Waals surface area (Å²) in [4.78, 5) is 61.8. The third kappa shape index (κ3) is 9.72. The van der Waals surface area contributed by atoms with Crippen molar-refractivity contribution in [3.63, 3.8) is 0 Å². The van der Waals surface area contributed by atoms with Gasteiger partial charge in [0, 0.05) is 86.8 Å². The normalized spacial score (nSPS) is 20.4. The summed E-state index contributed by atoms with van der Waals surface area (Å²) < 4.78 is 12.3. The summed E-state index contributed by atoms with van der Waals surface area (Å²) in [6, 6.07) is 31.7. The third-order valence-corrected chi connectivity index (χ3v) is 12.8. The fourth-order valence-corrected chi connectivity index (χ4v) is 9.47. The fourth-order valence-electron chi connectivity index (χ4n) is 9.47. The van der Waals surface area contributed by atoms with Crippen LogP contribution in [0.25, 0.3) is 0 Å². The molecule has 0 aliphatic carbocycles. The fraction of sp³-hybridized carbons (Fsp3) is 0.400. The van der Waals surface area contributed by atoms with Gasteiger partial charge in [0.1, 0.15) is 0 Å². The SMILES string of the molecule is Cc1cccc(C(=O)N2CCC(CN3CCc4ccccc4C3OC(=O)/C=C/C(=O)OC3c4ccccc4CCN3CC3CCN(C(=O)c4cccc(C)c4)CC3)CC2)c1. The smallest absolute Gasteiger partial charge is 0.332 e. The predicted octanol–water partition coefficient (Wildman–Crippen LogP) is 7.46. The molecule has 4 aromatic rings. The number of amides is 2. The molecule has 60 heavy (non-hydrogen) atoms. The molecular formula is C50H56N4O6. The van der Waals surface area contributed by atoms with Crippen LogP contribution in [0.2, 0.25) is 0 Å². The molecule has 0 saturated carbocycles. The molecule has 4 aliphatic heterocycles. The molecule has 4 aliphatic rings. The molecule has 8 rings (SSSR count). The van der Waals surface area contributed by atoms with Crippen LogP contribution in [0.5, 0.6) is 0 Å². The number of rotatable bonds is 10. The summed E-state index contributed by atoms with van der Waals surface area (Å²) in [7, 11) is 0. The molecule has 2 amide bonds. The average Bonchev–Trinajstić information content (AvgIpc) is 3.27. The number of piperidine rings is 2. The van der Waals surface area contributed by atoms with Crippen molar-refractivity contribution < 1.29 is 28.7 Å². The molecule has 0 N–H and O–H groups in total. The first-order chi connectivity index (χ1) is 29.2. The molecule has 0 aromatic heterocycles. The van der Waals surface area contributed by atoms with Crippen molar-refractivity contribution in [1.82, 2.24) is 19.6 Å². The Hall–Kier alpha value is -5.58. The Kier molecular flexibility index (Phi) is 12.9. The predicted molar refractivity (Wildman–Crippen MR) is 230 cm³/mol. The van der Waals surface area contributed by atoms with E-state index in [9.17, 15) is 19.2 Å². The molecule has 2 fully saturated rings. The van der Waals surface area contributed by atoms with Crippen LogP contribution in [0.3, 0.4) is 0 Å². The zero-order valence-electron chi connectivity index (χ0n) is 34.8. The molecule has 10 nitrogen and oxygen atoms in total. The number of aryl methyl sites for hydroxylation is 2. The van der Waals surface area contributed by atoms with Gasteiger partial charge in [-0.1, -0.05) is 83.9 Å². The standard InChI is InChI=1S/C50H56N4O6/c1-35-9-7-13-41(31-35)47(57)51-25-19-37(20-26-51)33-53-29-23-39-11-3-5-15-43(39)49(53)59-45(55)17-18-46(56)60-50-44-16-6-4-12-40(44)24-30-54(50)34-38-21-27-52(28-22-38)48(58)42-14-8-10-36(2)32-42/h3-18,31-32,37-38,49-50H,19-30,33-34H2,1-2H3/b18-17+. The first-order valence-electron chi connectivity index (χ1n) is 21.6. The topological polar surface area (TPSA) is 99.7 Å². The zero-order valence-corrected chi connectivity index (χ0v) is 34.8. The highest BCUT2D eigenvalue weighted by molar-refractivity contribution is 5.95. The first kappa shape index (κ1) is 41.2. The molecule has 2 atom stereocenters. The summed E-state index contributed by atoms with van der Waals surface area (Å²) in [5.74, 6) is -0.371. The highest BCUT2D eigenvalue weighted by atomic mass is 16.6. The second-order valence-electron chi connectivity index (χ2n) is 17.0. The summed E-state index contributed by atoms with van der Waals surface area (Å²) in [6.45, 7) is 9.71. The molecule has 312 valence electrons. The first-order valence-corrected chi connectivity index (χ1v) is 21.6. The monoisotopic (exact) mass is 808 g/mol. The second kappa shape index (κ2) is 18.8. The molecule has 4 aromatic carbocycles. The molecule has 2 unspecified atom stereocenters. The van der Waals surface area contributed by atoms with Crippen LogP contribution >= 0.6 is 0 Å². The second-order valence-corrected chi connectivity index (χ2v) is 17.0. The number of benzene rings is 4. The van der Waals surface area contributed by atoms with Crippen molar-refractivity contribution in [2.45, 2.75) is 64.8 Å². The lowest BCUT2D eigenvalue weighted by Crippen LogP contribution is -2.45.